The molecule has 2 aromatic rings. The molecule has 1 N–H and O–H groups in total. The van der Waals surface area contributed by atoms with Crippen LogP contribution in [0.25, 0.3) is 0 Å². The summed E-state index contributed by atoms with van der Waals surface area (Å²) in [5, 5.41) is 11.0. The van der Waals surface area contributed by atoms with E-state index in [1.165, 1.54) is 13.0 Å². The van der Waals surface area contributed by atoms with Crippen molar-refractivity contribution < 1.29 is 17.1 Å². The normalized spacial score (nSPS) is 11.6. The molecule has 0 aliphatic carbocycles. The van der Waals surface area contributed by atoms with Gasteiger partial charge in [0.1, 0.15) is 5.69 Å². The first-order valence-electron chi connectivity index (χ1n) is 8.48. The molecule has 0 atom stereocenters. The largest absolute Gasteiger partial charge is 0.372 e. The van der Waals surface area contributed by atoms with Gasteiger partial charge in [-0.05, 0) is 66.2 Å². The third kappa shape index (κ3) is 5.59. The van der Waals surface area contributed by atoms with Crippen LogP contribution in [0.1, 0.15) is 20.8 Å². The second kappa shape index (κ2) is 9.24. The highest BCUT2D eigenvalue weighted by Crippen LogP contribution is 2.34. The van der Waals surface area contributed by atoms with Gasteiger partial charge in [-0.25, -0.2) is 0 Å². The van der Waals surface area contributed by atoms with E-state index < -0.39 is 15.1 Å². The molecule has 1 amide bonds. The van der Waals surface area contributed by atoms with E-state index in [9.17, 15) is 17.1 Å². The summed E-state index contributed by atoms with van der Waals surface area (Å²) >= 11 is 3.16. The van der Waals surface area contributed by atoms with Crippen LogP contribution in [0, 0.1) is 0 Å². The minimum Gasteiger partial charge on any atom is -0.372 e. The van der Waals surface area contributed by atoms with Crippen LogP contribution in [0.4, 0.5) is 26.6 Å². The number of hydrogen-bond donors (Lipinski definition) is 1. The van der Waals surface area contributed by atoms with E-state index in [1.807, 2.05) is 26.0 Å². The predicted molar refractivity (Wildman–Crippen MR) is 111 cm³/mol. The highest BCUT2D eigenvalue weighted by molar-refractivity contribution is 9.10. The molecular formula is C18H20BrFN4O3S. The molecule has 150 valence electrons. The van der Waals surface area contributed by atoms with Crippen LogP contribution in [0.15, 0.2) is 56.0 Å². The first kappa shape index (κ1) is 22.0. The van der Waals surface area contributed by atoms with E-state index in [0.29, 0.717) is 17.1 Å². The van der Waals surface area contributed by atoms with Gasteiger partial charge in [0, 0.05) is 30.2 Å². The molecule has 10 heteroatoms. The van der Waals surface area contributed by atoms with Crippen molar-refractivity contribution in [2.45, 2.75) is 25.7 Å². The van der Waals surface area contributed by atoms with Gasteiger partial charge in [0.2, 0.25) is 5.91 Å². The lowest BCUT2D eigenvalue weighted by Crippen LogP contribution is -2.21. The summed E-state index contributed by atoms with van der Waals surface area (Å²) in [6, 6.07) is 8.98. The Balaban J connectivity index is 2.40. The monoisotopic (exact) mass is 470 g/mol. The lowest BCUT2D eigenvalue weighted by atomic mass is 10.2. The maximum atomic E-state index is 13.1. The van der Waals surface area contributed by atoms with Gasteiger partial charge in [0.25, 0.3) is 0 Å². The molecule has 0 bridgehead atoms. The fourth-order valence-electron chi connectivity index (χ4n) is 2.51. The van der Waals surface area contributed by atoms with Gasteiger partial charge < -0.3 is 10.2 Å². The molecule has 0 spiro atoms. The number of anilines is 2. The Bertz CT molecular complexity index is 1010. The van der Waals surface area contributed by atoms with Crippen molar-refractivity contribution in [2.24, 2.45) is 10.2 Å². The van der Waals surface area contributed by atoms with Gasteiger partial charge in [0.15, 0.2) is 0 Å². The van der Waals surface area contributed by atoms with Crippen molar-refractivity contribution >= 4 is 54.8 Å². The van der Waals surface area contributed by atoms with Crippen LogP contribution in [-0.2, 0) is 15.0 Å². The zero-order chi connectivity index (χ0) is 20.9. The first-order chi connectivity index (χ1) is 13.2. The van der Waals surface area contributed by atoms with Crippen LogP contribution in [0.3, 0.4) is 0 Å². The van der Waals surface area contributed by atoms with Gasteiger partial charge in [-0.2, -0.15) is 8.42 Å². The summed E-state index contributed by atoms with van der Waals surface area (Å²) in [4.78, 5) is 13.2. The quantitative estimate of drug-likeness (QED) is 0.437. The zero-order valence-corrected chi connectivity index (χ0v) is 18.0. The van der Waals surface area contributed by atoms with Crippen LogP contribution in [0.5, 0.6) is 0 Å². The first-order valence-corrected chi connectivity index (χ1v) is 10.7. The summed E-state index contributed by atoms with van der Waals surface area (Å²) < 4.78 is 35.3. The third-order valence-corrected chi connectivity index (χ3v) is 5.34. The molecule has 0 fully saturated rings. The number of carbonyl (C=O) groups is 1. The molecule has 7 nitrogen and oxygen atoms in total. The minimum atomic E-state index is -4.80. The molecule has 0 aliphatic rings. The summed E-state index contributed by atoms with van der Waals surface area (Å²) in [6.45, 7) is 7.10. The number of rotatable bonds is 7. The Morgan fingerprint density at radius 2 is 1.71 bits per heavy atom. The Labute approximate surface area is 172 Å². The van der Waals surface area contributed by atoms with Crippen LogP contribution in [-0.4, -0.2) is 27.4 Å². The Hall–Kier alpha value is -2.33. The maximum absolute atomic E-state index is 13.1. The van der Waals surface area contributed by atoms with Crippen LogP contribution >= 0.6 is 15.9 Å². The molecule has 0 unspecified atom stereocenters. The molecular weight excluding hydrogens is 451 g/mol. The van der Waals surface area contributed by atoms with Crippen molar-refractivity contribution in [3.63, 3.8) is 0 Å². The second-order valence-corrected chi connectivity index (χ2v) is 8.01. The maximum Gasteiger partial charge on any atom is 0.332 e. The summed E-state index contributed by atoms with van der Waals surface area (Å²) in [7, 11) is -4.80. The van der Waals surface area contributed by atoms with Gasteiger partial charge in [-0.1, -0.05) is 0 Å². The summed E-state index contributed by atoms with van der Waals surface area (Å²) in [6.07, 6.45) is 0. The molecule has 2 rings (SSSR count). The van der Waals surface area contributed by atoms with Crippen molar-refractivity contribution in [2.75, 3.05) is 23.3 Å². The zero-order valence-electron chi connectivity index (χ0n) is 15.6. The summed E-state index contributed by atoms with van der Waals surface area (Å²) in [5.41, 5.74) is 2.18. The van der Waals surface area contributed by atoms with Gasteiger partial charge >= 0.3 is 10.2 Å². The number of azo groups is 1. The summed E-state index contributed by atoms with van der Waals surface area (Å²) in [5.74, 6) is -0.244. The van der Waals surface area contributed by atoms with E-state index in [2.05, 4.69) is 36.4 Å². The highest BCUT2D eigenvalue weighted by Gasteiger charge is 2.14. The van der Waals surface area contributed by atoms with E-state index in [4.69, 9.17) is 0 Å². The van der Waals surface area contributed by atoms with Crippen LogP contribution in [0.2, 0.25) is 0 Å². The van der Waals surface area contributed by atoms with Crippen molar-refractivity contribution in [1.29, 1.82) is 0 Å². The van der Waals surface area contributed by atoms with E-state index in [0.717, 1.165) is 30.9 Å². The lowest BCUT2D eigenvalue weighted by molar-refractivity contribution is -0.114. The van der Waals surface area contributed by atoms with Gasteiger partial charge in [-0.3, -0.25) is 4.79 Å². The van der Waals surface area contributed by atoms with E-state index in [1.54, 1.807) is 6.07 Å². The highest BCUT2D eigenvalue weighted by atomic mass is 79.9. The Kier molecular flexibility index (Phi) is 7.25. The number of benzene rings is 2. The SMILES string of the molecule is CCN(CC)c1ccc(/N=N/c2ccc(S(=O)(=O)F)cc2Br)c(NC(C)=O)c1. The number of amides is 1. The number of nitrogens with zero attached hydrogens (tertiary/aromatic N) is 3. The average molecular weight is 471 g/mol. The minimum absolute atomic E-state index is 0.244. The van der Waals surface area contributed by atoms with E-state index in [-0.39, 0.29) is 10.4 Å². The fourth-order valence-corrected chi connectivity index (χ4v) is 3.61. The number of hydrogen-bond acceptors (Lipinski definition) is 6. The Morgan fingerprint density at radius 3 is 2.25 bits per heavy atom. The number of nitrogens with one attached hydrogen (secondary N) is 1. The molecule has 0 saturated carbocycles. The number of halogens is 2. The van der Waals surface area contributed by atoms with Crippen molar-refractivity contribution in [1.82, 2.24) is 0 Å². The van der Waals surface area contributed by atoms with Crippen LogP contribution < -0.4 is 10.2 Å². The molecule has 0 aliphatic heterocycles. The lowest BCUT2D eigenvalue weighted by Gasteiger charge is -2.22. The molecule has 0 aromatic heterocycles. The second-order valence-electron chi connectivity index (χ2n) is 5.81. The third-order valence-electron chi connectivity index (χ3n) is 3.89. The molecule has 0 heterocycles. The molecule has 0 saturated heterocycles. The Morgan fingerprint density at radius 1 is 1.11 bits per heavy atom. The van der Waals surface area contributed by atoms with Gasteiger partial charge in [-0.15, -0.1) is 14.1 Å². The van der Waals surface area contributed by atoms with Crippen molar-refractivity contribution in [3.05, 3.63) is 40.9 Å². The molecule has 2 aromatic carbocycles. The molecule has 0 radical (unpaired) electrons. The number of carbonyl (C=O) groups excluding carboxylic acids is 1. The molecule has 28 heavy (non-hydrogen) atoms. The average Bonchev–Trinajstić information content (AvgIpc) is 2.61. The van der Waals surface area contributed by atoms with Crippen molar-refractivity contribution in [3.8, 4) is 0 Å². The van der Waals surface area contributed by atoms with E-state index >= 15 is 0 Å². The fraction of sp³-hybridized carbons (Fsp3) is 0.278. The smallest absolute Gasteiger partial charge is 0.332 e. The topological polar surface area (TPSA) is 91.2 Å². The standard InChI is InChI=1S/C18H20BrFN4O3S/c1-4-24(5-2)13-6-8-17(18(10-13)21-12(3)25)23-22-16-9-7-14(11-15(16)19)28(20,26)27/h6-11H,4-5H2,1-3H3,(H,21,25)/b23-22+. The van der Waals surface area contributed by atoms with Gasteiger partial charge in [0.05, 0.1) is 16.3 Å². The predicted octanol–water partition coefficient (Wildman–Crippen LogP) is 5.33.